The third-order valence-corrected chi connectivity index (χ3v) is 6.41. The fourth-order valence-corrected chi connectivity index (χ4v) is 4.48. The summed E-state index contributed by atoms with van der Waals surface area (Å²) in [5, 5.41) is 5.10. The molecule has 0 saturated carbocycles. The molecular weight excluding hydrogens is 482 g/mol. The van der Waals surface area contributed by atoms with E-state index in [9.17, 15) is 28.0 Å². The number of hydrogen-bond acceptors (Lipinski definition) is 4. The Balaban J connectivity index is 0.000000747. The first-order chi connectivity index (χ1) is 17.6. The minimum absolute atomic E-state index is 0.0937. The summed E-state index contributed by atoms with van der Waals surface area (Å²) in [4.78, 5) is 53.4. The van der Waals surface area contributed by atoms with Crippen LogP contribution in [0.1, 0.15) is 58.7 Å². The van der Waals surface area contributed by atoms with E-state index in [1.807, 2.05) is 26.0 Å². The second-order valence-corrected chi connectivity index (χ2v) is 8.83. The van der Waals surface area contributed by atoms with E-state index in [0.29, 0.717) is 22.4 Å². The number of piperidine rings is 1. The van der Waals surface area contributed by atoms with Gasteiger partial charge in [0.1, 0.15) is 23.4 Å². The van der Waals surface area contributed by atoms with Gasteiger partial charge in [0.05, 0.1) is 5.52 Å². The Morgan fingerprint density at radius 3 is 2.51 bits per heavy atom. The molecule has 0 aliphatic carbocycles. The molecule has 4 amide bonds. The van der Waals surface area contributed by atoms with E-state index < -0.39 is 29.5 Å². The number of aromatic nitrogens is 1. The van der Waals surface area contributed by atoms with Gasteiger partial charge in [-0.3, -0.25) is 24.5 Å². The third-order valence-electron chi connectivity index (χ3n) is 6.41. The zero-order valence-electron chi connectivity index (χ0n) is 20.6. The summed E-state index contributed by atoms with van der Waals surface area (Å²) in [5.74, 6) is -3.24. The molecular formula is C27H26F2N4O4. The van der Waals surface area contributed by atoms with Crippen LogP contribution in [0.5, 0.6) is 0 Å². The van der Waals surface area contributed by atoms with Crippen molar-refractivity contribution in [3.63, 3.8) is 0 Å². The molecule has 3 aromatic rings. The number of benzene rings is 2. The Morgan fingerprint density at radius 1 is 1.11 bits per heavy atom. The molecule has 2 aromatic carbocycles. The van der Waals surface area contributed by atoms with Gasteiger partial charge in [0.2, 0.25) is 11.8 Å². The largest absolute Gasteiger partial charge is 0.350 e. The molecule has 1 unspecified atom stereocenters. The second kappa shape index (κ2) is 10.3. The summed E-state index contributed by atoms with van der Waals surface area (Å²) in [5.41, 5.74) is 2.06. The monoisotopic (exact) mass is 508 g/mol. The Morgan fingerprint density at radius 2 is 1.84 bits per heavy atom. The summed E-state index contributed by atoms with van der Waals surface area (Å²) < 4.78 is 27.7. The number of carbonyl (C=O) groups excluding carboxylic acids is 4. The normalized spacial score (nSPS) is 17.1. The summed E-state index contributed by atoms with van der Waals surface area (Å²) in [6.45, 7) is 5.73. The summed E-state index contributed by atoms with van der Waals surface area (Å²) in [6.07, 6.45) is 4.41. The molecule has 1 atom stereocenters. The molecule has 0 bridgehead atoms. The average Bonchev–Trinajstić information content (AvgIpc) is 3.35. The zero-order chi connectivity index (χ0) is 26.9. The lowest BCUT2D eigenvalue weighted by atomic mass is 10.0. The topological polar surface area (TPSA) is 111 Å². The number of hydrogen-bond donors (Lipinski definition) is 3. The van der Waals surface area contributed by atoms with Crippen LogP contribution in [0.15, 0.2) is 42.5 Å². The summed E-state index contributed by atoms with van der Waals surface area (Å²) >= 11 is 0. The van der Waals surface area contributed by atoms with Crippen molar-refractivity contribution in [3.8, 4) is 0 Å². The maximum absolute atomic E-state index is 14.2. The van der Waals surface area contributed by atoms with Gasteiger partial charge in [0, 0.05) is 35.7 Å². The number of nitrogens with zero attached hydrogens (tertiary/aromatic N) is 1. The first kappa shape index (κ1) is 25.7. The number of rotatable bonds is 3. The highest BCUT2D eigenvalue weighted by Gasteiger charge is 2.39. The standard InChI is InChI=1S/C23H18F2N4O4.C4H8/c1-10-19-15(25)7-12(24)8-16(19)27-20(10)22(32)26-13-2-3-14-11(6-13)9-29(23(14)33)17-4-5-18(30)28-21(17)31;1-3-4-2/h2-3,6-8,17,27H,4-5,9H2,1H3,(H,26,32)(H,28,30,31);3-4H,1-2H3/b;4-3-. The zero-order valence-corrected chi connectivity index (χ0v) is 20.6. The molecule has 192 valence electrons. The van der Waals surface area contributed by atoms with E-state index in [4.69, 9.17) is 0 Å². The fourth-order valence-electron chi connectivity index (χ4n) is 4.48. The van der Waals surface area contributed by atoms with Crippen molar-refractivity contribution in [3.05, 3.63) is 76.5 Å². The molecule has 37 heavy (non-hydrogen) atoms. The lowest BCUT2D eigenvalue weighted by Crippen LogP contribution is -2.52. The van der Waals surface area contributed by atoms with Crippen molar-refractivity contribution in [1.82, 2.24) is 15.2 Å². The minimum atomic E-state index is -0.762. The number of aryl methyl sites for hydroxylation is 1. The number of imide groups is 1. The number of H-pyrrole nitrogens is 1. The summed E-state index contributed by atoms with van der Waals surface area (Å²) in [6, 6.07) is 5.90. The quantitative estimate of drug-likeness (QED) is 0.361. The van der Waals surface area contributed by atoms with Crippen molar-refractivity contribution in [2.24, 2.45) is 0 Å². The van der Waals surface area contributed by atoms with E-state index >= 15 is 0 Å². The highest BCUT2D eigenvalue weighted by molar-refractivity contribution is 6.09. The fraction of sp³-hybridized carbons (Fsp3) is 0.259. The molecule has 2 aliphatic heterocycles. The van der Waals surface area contributed by atoms with Gasteiger partial charge in [-0.05, 0) is 62.6 Å². The summed E-state index contributed by atoms with van der Waals surface area (Å²) in [7, 11) is 0. The highest BCUT2D eigenvalue weighted by Crippen LogP contribution is 2.30. The van der Waals surface area contributed by atoms with Gasteiger partial charge >= 0.3 is 0 Å². The lowest BCUT2D eigenvalue weighted by molar-refractivity contribution is -0.136. The van der Waals surface area contributed by atoms with E-state index in [1.165, 1.54) is 4.90 Å². The number of amides is 4. The predicted octanol–water partition coefficient (Wildman–Crippen LogP) is 4.35. The van der Waals surface area contributed by atoms with Crippen molar-refractivity contribution in [2.45, 2.75) is 46.2 Å². The number of allylic oxidation sites excluding steroid dienone is 2. The van der Waals surface area contributed by atoms with Crippen LogP contribution in [-0.4, -0.2) is 39.6 Å². The van der Waals surface area contributed by atoms with Gasteiger partial charge in [-0.2, -0.15) is 0 Å². The van der Waals surface area contributed by atoms with E-state index in [2.05, 4.69) is 15.6 Å². The van der Waals surface area contributed by atoms with Crippen molar-refractivity contribution < 1.29 is 28.0 Å². The molecule has 0 spiro atoms. The third kappa shape index (κ3) is 5.00. The van der Waals surface area contributed by atoms with Crippen LogP contribution >= 0.6 is 0 Å². The van der Waals surface area contributed by atoms with E-state index in [-0.39, 0.29) is 47.8 Å². The highest BCUT2D eigenvalue weighted by atomic mass is 19.1. The Bertz CT molecular complexity index is 1460. The number of anilines is 1. The first-order valence-electron chi connectivity index (χ1n) is 11.8. The number of fused-ring (bicyclic) bond motifs is 2. The SMILES string of the molecule is C/C=C\C.Cc1c(C(=O)Nc2ccc3c(c2)CN(C2CCC(=O)NC2=O)C3=O)[nH]c2cc(F)cc(F)c12. The van der Waals surface area contributed by atoms with Crippen molar-refractivity contribution in [1.29, 1.82) is 0 Å². The molecule has 3 N–H and O–H groups in total. The van der Waals surface area contributed by atoms with E-state index in [0.717, 1.165) is 12.1 Å². The van der Waals surface area contributed by atoms with Gasteiger partial charge < -0.3 is 15.2 Å². The molecule has 1 fully saturated rings. The molecule has 1 aromatic heterocycles. The van der Waals surface area contributed by atoms with E-state index in [1.54, 1.807) is 25.1 Å². The number of halogens is 2. The molecule has 10 heteroatoms. The second-order valence-electron chi connectivity index (χ2n) is 8.83. The molecule has 1 saturated heterocycles. The average molecular weight is 509 g/mol. The van der Waals surface area contributed by atoms with Gasteiger partial charge in [0.15, 0.2) is 0 Å². The maximum Gasteiger partial charge on any atom is 0.272 e. The van der Waals surface area contributed by atoms with Crippen LogP contribution in [0.3, 0.4) is 0 Å². The molecule has 2 aliphatic rings. The molecule has 5 rings (SSSR count). The minimum Gasteiger partial charge on any atom is -0.350 e. The van der Waals surface area contributed by atoms with Gasteiger partial charge in [-0.1, -0.05) is 12.2 Å². The van der Waals surface area contributed by atoms with Crippen molar-refractivity contribution in [2.75, 3.05) is 5.32 Å². The Kier molecular flexibility index (Phi) is 7.19. The van der Waals surface area contributed by atoms with Crippen LogP contribution in [0.4, 0.5) is 14.5 Å². The van der Waals surface area contributed by atoms with Crippen LogP contribution in [0.2, 0.25) is 0 Å². The van der Waals surface area contributed by atoms with Gasteiger partial charge in [-0.15, -0.1) is 0 Å². The van der Waals surface area contributed by atoms with Crippen LogP contribution < -0.4 is 10.6 Å². The number of nitrogens with one attached hydrogen (secondary N) is 3. The first-order valence-corrected chi connectivity index (χ1v) is 11.8. The van der Waals surface area contributed by atoms with Crippen LogP contribution in [0, 0.1) is 18.6 Å². The Hall–Kier alpha value is -4.34. The predicted molar refractivity (Wildman–Crippen MR) is 134 cm³/mol. The number of aromatic amines is 1. The van der Waals surface area contributed by atoms with Crippen LogP contribution in [0.25, 0.3) is 10.9 Å². The van der Waals surface area contributed by atoms with Crippen LogP contribution in [-0.2, 0) is 16.1 Å². The number of carbonyl (C=O) groups is 4. The molecule has 3 heterocycles. The van der Waals surface area contributed by atoms with Gasteiger partial charge in [-0.25, -0.2) is 8.78 Å². The smallest absolute Gasteiger partial charge is 0.272 e. The molecule has 8 nitrogen and oxygen atoms in total. The lowest BCUT2D eigenvalue weighted by Gasteiger charge is -2.29. The molecule has 0 radical (unpaired) electrons. The maximum atomic E-state index is 14.2. The van der Waals surface area contributed by atoms with Crippen molar-refractivity contribution >= 4 is 40.2 Å². The Labute approximate surface area is 211 Å². The van der Waals surface area contributed by atoms with Gasteiger partial charge in [0.25, 0.3) is 11.8 Å².